The zero-order chi connectivity index (χ0) is 11.8. The van der Waals surface area contributed by atoms with E-state index in [1.165, 1.54) is 0 Å². The summed E-state index contributed by atoms with van der Waals surface area (Å²) in [4.78, 5) is 0. The lowest BCUT2D eigenvalue weighted by atomic mass is 9.98. The highest BCUT2D eigenvalue weighted by molar-refractivity contribution is 7.91. The maximum Gasteiger partial charge on any atom is 0.150 e. The van der Waals surface area contributed by atoms with Gasteiger partial charge in [0, 0.05) is 24.2 Å². The first-order valence-electron chi connectivity index (χ1n) is 5.42. The molecule has 1 aliphatic rings. The minimum atomic E-state index is -2.93. The van der Waals surface area contributed by atoms with Crippen molar-refractivity contribution in [2.24, 2.45) is 5.92 Å². The fraction of sp³-hybridized carbons (Fsp3) is 0.700. The molecule has 1 saturated heterocycles. The van der Waals surface area contributed by atoms with Crippen molar-refractivity contribution in [1.29, 1.82) is 0 Å². The maximum absolute atomic E-state index is 11.3. The van der Waals surface area contributed by atoms with Crippen LogP contribution in [0.25, 0.3) is 0 Å². The number of rotatable bonds is 3. The molecule has 0 bridgehead atoms. The van der Waals surface area contributed by atoms with Gasteiger partial charge in [-0.05, 0) is 13.3 Å². The number of hydrogen-bond donors (Lipinski definition) is 1. The number of aryl methyl sites for hydroxylation is 1. The Hall–Kier alpha value is -0.880. The van der Waals surface area contributed by atoms with Crippen molar-refractivity contribution in [1.82, 2.24) is 9.78 Å². The predicted molar refractivity (Wildman–Crippen MR) is 59.6 cm³/mol. The molecule has 1 aromatic heterocycles. The normalized spacial score (nSPS) is 25.8. The van der Waals surface area contributed by atoms with Crippen molar-refractivity contribution in [2.75, 3.05) is 11.5 Å². The number of sulfone groups is 1. The summed E-state index contributed by atoms with van der Waals surface area (Å²) in [6.45, 7) is 2.71. The van der Waals surface area contributed by atoms with Crippen molar-refractivity contribution < 1.29 is 13.5 Å². The van der Waals surface area contributed by atoms with Crippen LogP contribution in [0.15, 0.2) is 12.4 Å². The monoisotopic (exact) mass is 244 g/mol. The molecule has 0 spiro atoms. The fourth-order valence-electron chi connectivity index (χ4n) is 2.05. The van der Waals surface area contributed by atoms with Gasteiger partial charge < -0.3 is 5.11 Å². The van der Waals surface area contributed by atoms with Gasteiger partial charge in [0.05, 0.1) is 23.8 Å². The Morgan fingerprint density at radius 3 is 2.94 bits per heavy atom. The second-order valence-corrected chi connectivity index (χ2v) is 6.47. The average Bonchev–Trinajstić information content (AvgIpc) is 2.83. The molecule has 1 aromatic rings. The van der Waals surface area contributed by atoms with Gasteiger partial charge in [-0.1, -0.05) is 0 Å². The lowest BCUT2D eigenvalue weighted by molar-refractivity contribution is 0.121. The predicted octanol–water partition coefficient (Wildman–Crippen LogP) is 0.371. The number of nitrogens with zero attached hydrogens (tertiary/aromatic N) is 2. The van der Waals surface area contributed by atoms with E-state index in [-0.39, 0.29) is 17.4 Å². The maximum atomic E-state index is 11.3. The van der Waals surface area contributed by atoms with Crippen LogP contribution in [0.5, 0.6) is 0 Å². The van der Waals surface area contributed by atoms with Crippen LogP contribution in [0.3, 0.4) is 0 Å². The Morgan fingerprint density at radius 2 is 2.44 bits per heavy atom. The summed E-state index contributed by atoms with van der Waals surface area (Å²) >= 11 is 0. The zero-order valence-electron chi connectivity index (χ0n) is 9.20. The molecule has 2 rings (SSSR count). The Bertz CT molecular complexity index is 466. The molecule has 0 radical (unpaired) electrons. The van der Waals surface area contributed by atoms with Gasteiger partial charge in [-0.15, -0.1) is 0 Å². The quantitative estimate of drug-likeness (QED) is 0.834. The third kappa shape index (κ3) is 2.27. The fourth-order valence-corrected chi connectivity index (χ4v) is 3.88. The van der Waals surface area contributed by atoms with E-state index in [0.717, 1.165) is 6.54 Å². The highest BCUT2D eigenvalue weighted by atomic mass is 32.2. The van der Waals surface area contributed by atoms with Crippen molar-refractivity contribution in [3.05, 3.63) is 18.0 Å². The molecule has 0 aliphatic carbocycles. The molecular formula is C10H16N2O3S. The molecule has 5 nitrogen and oxygen atoms in total. The lowest BCUT2D eigenvalue weighted by Gasteiger charge is -2.14. The van der Waals surface area contributed by atoms with Crippen molar-refractivity contribution in [3.8, 4) is 0 Å². The minimum absolute atomic E-state index is 0.0888. The largest absolute Gasteiger partial charge is 0.388 e. The molecular weight excluding hydrogens is 228 g/mol. The molecule has 0 amide bonds. The topological polar surface area (TPSA) is 72.2 Å². The van der Waals surface area contributed by atoms with Gasteiger partial charge in [-0.2, -0.15) is 5.10 Å². The van der Waals surface area contributed by atoms with Gasteiger partial charge in [-0.25, -0.2) is 8.42 Å². The number of aliphatic hydroxyl groups is 1. The van der Waals surface area contributed by atoms with Gasteiger partial charge in [0.25, 0.3) is 0 Å². The van der Waals surface area contributed by atoms with E-state index >= 15 is 0 Å². The van der Waals surface area contributed by atoms with E-state index < -0.39 is 15.9 Å². The highest BCUT2D eigenvalue weighted by Crippen LogP contribution is 2.30. The van der Waals surface area contributed by atoms with Crippen molar-refractivity contribution >= 4 is 9.84 Å². The van der Waals surface area contributed by atoms with Gasteiger partial charge in [0.15, 0.2) is 9.84 Å². The number of aromatic nitrogens is 2. The Kier molecular flexibility index (Phi) is 3.03. The minimum Gasteiger partial charge on any atom is -0.388 e. The van der Waals surface area contributed by atoms with E-state index in [1.807, 2.05) is 6.92 Å². The Labute approximate surface area is 95.0 Å². The Balaban J connectivity index is 2.11. The third-order valence-corrected chi connectivity index (χ3v) is 4.83. The zero-order valence-corrected chi connectivity index (χ0v) is 10.0. The summed E-state index contributed by atoms with van der Waals surface area (Å²) in [5.41, 5.74) is 0.712. The molecule has 1 aliphatic heterocycles. The van der Waals surface area contributed by atoms with Crippen LogP contribution in [0.4, 0.5) is 0 Å². The molecule has 0 aromatic carbocycles. The van der Waals surface area contributed by atoms with E-state index in [0.29, 0.717) is 12.0 Å². The van der Waals surface area contributed by atoms with Crippen molar-refractivity contribution in [2.45, 2.75) is 26.0 Å². The van der Waals surface area contributed by atoms with E-state index in [1.54, 1.807) is 17.1 Å². The van der Waals surface area contributed by atoms with Gasteiger partial charge >= 0.3 is 0 Å². The van der Waals surface area contributed by atoms with Crippen LogP contribution >= 0.6 is 0 Å². The number of hydrogen-bond acceptors (Lipinski definition) is 4. The van der Waals surface area contributed by atoms with E-state index in [2.05, 4.69) is 5.10 Å². The van der Waals surface area contributed by atoms with Crippen LogP contribution in [-0.4, -0.2) is 34.8 Å². The van der Waals surface area contributed by atoms with Crippen molar-refractivity contribution in [3.63, 3.8) is 0 Å². The average molecular weight is 244 g/mol. The molecule has 2 unspecified atom stereocenters. The van der Waals surface area contributed by atoms with Gasteiger partial charge in [0.1, 0.15) is 0 Å². The molecule has 1 N–H and O–H groups in total. The van der Waals surface area contributed by atoms with Crippen LogP contribution in [0.2, 0.25) is 0 Å². The highest BCUT2D eigenvalue weighted by Gasteiger charge is 2.33. The van der Waals surface area contributed by atoms with Crippen LogP contribution < -0.4 is 0 Å². The van der Waals surface area contributed by atoms with Crippen LogP contribution in [-0.2, 0) is 16.4 Å². The third-order valence-electron chi connectivity index (χ3n) is 3.03. The Morgan fingerprint density at radius 1 is 1.69 bits per heavy atom. The van der Waals surface area contributed by atoms with Crippen LogP contribution in [0, 0.1) is 5.92 Å². The summed E-state index contributed by atoms with van der Waals surface area (Å²) in [7, 11) is -2.93. The van der Waals surface area contributed by atoms with E-state index in [4.69, 9.17) is 0 Å². The lowest BCUT2D eigenvalue weighted by Crippen LogP contribution is -2.13. The van der Waals surface area contributed by atoms with E-state index in [9.17, 15) is 13.5 Å². The summed E-state index contributed by atoms with van der Waals surface area (Å²) in [6, 6.07) is 0. The van der Waals surface area contributed by atoms with Gasteiger partial charge in [-0.3, -0.25) is 4.68 Å². The van der Waals surface area contributed by atoms with Crippen LogP contribution in [0.1, 0.15) is 25.0 Å². The number of aliphatic hydroxyl groups excluding tert-OH is 1. The summed E-state index contributed by atoms with van der Waals surface area (Å²) in [5, 5.41) is 14.1. The first-order chi connectivity index (χ1) is 7.52. The molecule has 1 fully saturated rings. The molecule has 2 heterocycles. The van der Waals surface area contributed by atoms with Gasteiger partial charge in [0.2, 0.25) is 0 Å². The summed E-state index contributed by atoms with van der Waals surface area (Å²) in [5.74, 6) is 0.0989. The second kappa shape index (κ2) is 4.18. The molecule has 2 atom stereocenters. The molecule has 90 valence electrons. The smallest absolute Gasteiger partial charge is 0.150 e. The second-order valence-electron chi connectivity index (χ2n) is 4.24. The molecule has 16 heavy (non-hydrogen) atoms. The standard InChI is InChI=1S/C10H16N2O3S/c1-2-12-6-9(5-11-12)10(13)8-3-4-16(14,15)7-8/h5-6,8,10,13H,2-4,7H2,1H3. The first kappa shape index (κ1) is 11.6. The first-order valence-corrected chi connectivity index (χ1v) is 7.25. The molecule has 0 saturated carbocycles. The summed E-state index contributed by atoms with van der Waals surface area (Å²) < 4.78 is 24.3. The SMILES string of the molecule is CCn1cc(C(O)C2CCS(=O)(=O)C2)cn1. The summed E-state index contributed by atoms with van der Waals surface area (Å²) in [6.07, 6.45) is 3.22. The molecule has 6 heteroatoms.